The molecule has 8 nitrogen and oxygen atoms in total. The highest BCUT2D eigenvalue weighted by atomic mass is 79.9. The van der Waals surface area contributed by atoms with Gasteiger partial charge in [-0.05, 0) is 48.9 Å². The topological polar surface area (TPSA) is 106 Å². The normalized spacial score (nSPS) is 17.2. The molecule has 4 rings (SSSR count). The second-order valence-corrected chi connectivity index (χ2v) is 9.24. The van der Waals surface area contributed by atoms with Crippen molar-refractivity contribution in [2.75, 3.05) is 19.1 Å². The molecule has 0 spiro atoms. The van der Waals surface area contributed by atoms with Gasteiger partial charge in [0, 0.05) is 10.0 Å². The number of halogens is 1. The van der Waals surface area contributed by atoms with Crippen LogP contribution in [0.2, 0.25) is 0 Å². The first-order valence-corrected chi connectivity index (χ1v) is 11.6. The Morgan fingerprint density at radius 2 is 1.74 bits per heavy atom. The molecule has 1 N–H and O–H groups in total. The zero-order valence-corrected chi connectivity index (χ0v) is 20.8. The summed E-state index contributed by atoms with van der Waals surface area (Å²) in [6.07, 6.45) is 0. The van der Waals surface area contributed by atoms with E-state index in [9.17, 15) is 19.5 Å². The summed E-state index contributed by atoms with van der Waals surface area (Å²) in [6.45, 7) is 1.62. The number of ether oxygens (including phenoxy) is 2. The molecule has 2 heterocycles. The molecule has 0 radical (unpaired) electrons. The van der Waals surface area contributed by atoms with Crippen LogP contribution in [0.5, 0.6) is 5.75 Å². The number of aryl methyl sites for hydroxylation is 1. The molecule has 10 heteroatoms. The number of carbonyl (C=O) groups excluding carboxylic acids is 3. The van der Waals surface area contributed by atoms with Crippen LogP contribution in [0.15, 0.2) is 58.6 Å². The molecule has 1 aromatic heterocycles. The summed E-state index contributed by atoms with van der Waals surface area (Å²) >= 11 is 4.33. The van der Waals surface area contributed by atoms with Crippen molar-refractivity contribution in [1.82, 2.24) is 4.98 Å². The van der Waals surface area contributed by atoms with E-state index in [1.54, 1.807) is 55.5 Å². The number of aromatic nitrogens is 1. The van der Waals surface area contributed by atoms with Gasteiger partial charge in [-0.1, -0.05) is 39.4 Å². The van der Waals surface area contributed by atoms with E-state index in [0.29, 0.717) is 22.6 Å². The molecule has 34 heavy (non-hydrogen) atoms. The van der Waals surface area contributed by atoms with E-state index >= 15 is 0 Å². The van der Waals surface area contributed by atoms with Crippen LogP contribution in [0.3, 0.4) is 0 Å². The fourth-order valence-corrected chi connectivity index (χ4v) is 4.94. The number of thiazole rings is 1. The SMILES string of the molecule is COC(=O)c1sc(N2C(=O)C(=O)/C(=C(/O)c3ccc(OC)cc3)C2c2ccc(Br)cc2)nc1C. The van der Waals surface area contributed by atoms with Gasteiger partial charge in [0.05, 0.1) is 31.5 Å². The quantitative estimate of drug-likeness (QED) is 0.216. The number of ketones is 1. The van der Waals surface area contributed by atoms with E-state index < -0.39 is 23.7 Å². The number of rotatable bonds is 5. The van der Waals surface area contributed by atoms with Gasteiger partial charge in [-0.2, -0.15) is 0 Å². The third-order valence-electron chi connectivity index (χ3n) is 5.36. The molecule has 1 aliphatic heterocycles. The maximum Gasteiger partial charge on any atom is 0.350 e. The Labute approximate surface area is 207 Å². The summed E-state index contributed by atoms with van der Waals surface area (Å²) in [5.41, 5.74) is 1.24. The zero-order chi connectivity index (χ0) is 24.6. The summed E-state index contributed by atoms with van der Waals surface area (Å²) in [4.78, 5) is 44.3. The fourth-order valence-electron chi connectivity index (χ4n) is 3.66. The second-order valence-electron chi connectivity index (χ2n) is 7.35. The summed E-state index contributed by atoms with van der Waals surface area (Å²) in [7, 11) is 2.77. The van der Waals surface area contributed by atoms with E-state index in [2.05, 4.69) is 20.9 Å². The van der Waals surface area contributed by atoms with Crippen molar-refractivity contribution in [3.05, 3.63) is 80.3 Å². The van der Waals surface area contributed by atoms with Crippen LogP contribution in [0.4, 0.5) is 5.13 Å². The third-order valence-corrected chi connectivity index (χ3v) is 7.02. The molecule has 1 atom stereocenters. The Bertz CT molecular complexity index is 1310. The molecule has 1 aliphatic rings. The van der Waals surface area contributed by atoms with E-state index in [0.717, 1.165) is 15.8 Å². The van der Waals surface area contributed by atoms with Gasteiger partial charge < -0.3 is 14.6 Å². The van der Waals surface area contributed by atoms with Gasteiger partial charge in [-0.25, -0.2) is 9.78 Å². The Morgan fingerprint density at radius 3 is 2.32 bits per heavy atom. The van der Waals surface area contributed by atoms with Crippen LogP contribution in [-0.2, 0) is 14.3 Å². The molecule has 1 unspecified atom stereocenters. The molecule has 1 saturated heterocycles. The van der Waals surface area contributed by atoms with Crippen LogP contribution in [0.1, 0.15) is 32.5 Å². The van der Waals surface area contributed by atoms with Gasteiger partial charge in [0.25, 0.3) is 5.78 Å². The van der Waals surface area contributed by atoms with Crippen LogP contribution < -0.4 is 9.64 Å². The fraction of sp³-hybridized carbons (Fsp3) is 0.167. The van der Waals surface area contributed by atoms with E-state index in [4.69, 9.17) is 9.47 Å². The summed E-state index contributed by atoms with van der Waals surface area (Å²) in [5, 5.41) is 11.3. The first kappa shape index (κ1) is 23.7. The maximum absolute atomic E-state index is 13.2. The molecule has 0 bridgehead atoms. The molecule has 2 aromatic carbocycles. The predicted octanol–water partition coefficient (Wildman–Crippen LogP) is 4.64. The maximum atomic E-state index is 13.2. The summed E-state index contributed by atoms with van der Waals surface area (Å²) in [5.74, 6) is -2.04. The summed E-state index contributed by atoms with van der Waals surface area (Å²) in [6, 6.07) is 12.6. The molecular formula is C24H19BrN2O6S. The lowest BCUT2D eigenvalue weighted by Crippen LogP contribution is -2.29. The number of esters is 1. The zero-order valence-electron chi connectivity index (χ0n) is 18.4. The van der Waals surface area contributed by atoms with Gasteiger partial charge >= 0.3 is 11.9 Å². The van der Waals surface area contributed by atoms with Crippen molar-refractivity contribution in [1.29, 1.82) is 0 Å². The van der Waals surface area contributed by atoms with E-state index in [1.807, 2.05) is 0 Å². The number of benzene rings is 2. The largest absolute Gasteiger partial charge is 0.507 e. The van der Waals surface area contributed by atoms with Crippen molar-refractivity contribution < 1.29 is 29.0 Å². The molecule has 0 saturated carbocycles. The molecule has 3 aromatic rings. The van der Waals surface area contributed by atoms with Gasteiger partial charge in [0.2, 0.25) is 0 Å². The highest BCUT2D eigenvalue weighted by Crippen LogP contribution is 2.44. The number of amides is 1. The minimum Gasteiger partial charge on any atom is -0.507 e. The number of hydrogen-bond donors (Lipinski definition) is 1. The van der Waals surface area contributed by atoms with Crippen LogP contribution in [0.25, 0.3) is 5.76 Å². The average molecular weight is 543 g/mol. The number of anilines is 1. The monoisotopic (exact) mass is 542 g/mol. The molecule has 1 fully saturated rings. The number of aliphatic hydroxyl groups excluding tert-OH is 1. The Balaban J connectivity index is 1.91. The molecular weight excluding hydrogens is 524 g/mol. The van der Waals surface area contributed by atoms with Gasteiger partial charge in [0.1, 0.15) is 16.4 Å². The highest BCUT2D eigenvalue weighted by molar-refractivity contribution is 9.10. The van der Waals surface area contributed by atoms with Crippen molar-refractivity contribution >= 4 is 55.8 Å². The van der Waals surface area contributed by atoms with Crippen molar-refractivity contribution in [2.24, 2.45) is 0 Å². The van der Waals surface area contributed by atoms with Gasteiger partial charge in [0.15, 0.2) is 5.13 Å². The predicted molar refractivity (Wildman–Crippen MR) is 130 cm³/mol. The van der Waals surface area contributed by atoms with E-state index in [-0.39, 0.29) is 21.3 Å². The second kappa shape index (κ2) is 9.40. The van der Waals surface area contributed by atoms with Crippen molar-refractivity contribution in [3.8, 4) is 5.75 Å². The Morgan fingerprint density at radius 1 is 1.09 bits per heavy atom. The molecule has 174 valence electrons. The minimum absolute atomic E-state index is 0.0787. The smallest absolute Gasteiger partial charge is 0.350 e. The summed E-state index contributed by atoms with van der Waals surface area (Å²) < 4.78 is 10.8. The van der Waals surface area contributed by atoms with Crippen molar-refractivity contribution in [2.45, 2.75) is 13.0 Å². The number of aliphatic hydroxyl groups is 1. The third kappa shape index (κ3) is 4.10. The first-order valence-electron chi connectivity index (χ1n) is 10.0. The van der Waals surface area contributed by atoms with Crippen LogP contribution >= 0.6 is 27.3 Å². The van der Waals surface area contributed by atoms with Crippen LogP contribution in [0, 0.1) is 6.92 Å². The standard InChI is InChI=1S/C24H19BrN2O6S/c1-12-21(23(31)33-3)34-24(26-12)27-18(13-4-8-15(25)9-5-13)17(20(29)22(27)30)19(28)14-6-10-16(32-2)11-7-14/h4-11,18,28H,1-3H3/b19-17+. The van der Waals surface area contributed by atoms with Crippen LogP contribution in [-0.4, -0.2) is 42.0 Å². The van der Waals surface area contributed by atoms with Crippen molar-refractivity contribution in [3.63, 3.8) is 0 Å². The lowest BCUT2D eigenvalue weighted by atomic mass is 9.95. The van der Waals surface area contributed by atoms with Gasteiger partial charge in [-0.15, -0.1) is 0 Å². The minimum atomic E-state index is -0.953. The number of nitrogens with zero attached hydrogens (tertiary/aromatic N) is 2. The molecule has 1 amide bonds. The first-order chi connectivity index (χ1) is 16.3. The highest BCUT2D eigenvalue weighted by Gasteiger charge is 2.48. The average Bonchev–Trinajstić information content (AvgIpc) is 3.35. The lowest BCUT2D eigenvalue weighted by Gasteiger charge is -2.23. The lowest BCUT2D eigenvalue weighted by molar-refractivity contribution is -0.132. The number of carbonyl (C=O) groups is 3. The number of hydrogen-bond acceptors (Lipinski definition) is 8. The number of methoxy groups -OCH3 is 2. The molecule has 0 aliphatic carbocycles. The number of Topliss-reactive ketones (excluding diaryl/α,β-unsaturated/α-hetero) is 1. The Hall–Kier alpha value is -3.50. The van der Waals surface area contributed by atoms with E-state index in [1.165, 1.54) is 19.1 Å². The van der Waals surface area contributed by atoms with Gasteiger partial charge in [-0.3, -0.25) is 14.5 Å². The Kier molecular flexibility index (Phi) is 6.54.